The Morgan fingerprint density at radius 3 is 2.45 bits per heavy atom. The van der Waals surface area contributed by atoms with Gasteiger partial charge in [-0.1, -0.05) is 13.8 Å². The molecular weight excluding hydrogens is 246 g/mol. The number of hydrogen-bond acceptors (Lipinski definition) is 2. The maximum atomic E-state index is 8.90. The van der Waals surface area contributed by atoms with Gasteiger partial charge in [0.25, 0.3) is 0 Å². The van der Waals surface area contributed by atoms with Crippen LogP contribution >= 0.6 is 0 Å². The van der Waals surface area contributed by atoms with E-state index in [0.717, 1.165) is 30.7 Å². The quantitative estimate of drug-likeness (QED) is 0.803. The zero-order valence-corrected chi connectivity index (χ0v) is 12.9. The van der Waals surface area contributed by atoms with Crippen molar-refractivity contribution in [2.45, 2.75) is 59.4 Å². The first kappa shape index (κ1) is 14.6. The first-order valence-corrected chi connectivity index (χ1v) is 7.46. The Bertz CT molecular complexity index is 642. The monoisotopic (exact) mass is 269 g/mol. The third-order valence-electron chi connectivity index (χ3n) is 4.19. The van der Waals surface area contributed by atoms with Gasteiger partial charge < -0.3 is 4.57 Å². The molecule has 3 nitrogen and oxygen atoms in total. The van der Waals surface area contributed by atoms with Gasteiger partial charge in [0, 0.05) is 12.5 Å². The van der Waals surface area contributed by atoms with E-state index < -0.39 is 0 Å². The Morgan fingerprint density at radius 2 is 1.85 bits per heavy atom. The molecule has 1 aromatic carbocycles. The summed E-state index contributed by atoms with van der Waals surface area (Å²) < 4.78 is 2.25. The van der Waals surface area contributed by atoms with Gasteiger partial charge in [-0.25, -0.2) is 4.98 Å². The van der Waals surface area contributed by atoms with Crippen LogP contribution in [0.25, 0.3) is 11.0 Å². The van der Waals surface area contributed by atoms with E-state index >= 15 is 0 Å². The summed E-state index contributed by atoms with van der Waals surface area (Å²) in [6.07, 6.45) is 2.71. The van der Waals surface area contributed by atoms with E-state index in [-0.39, 0.29) is 0 Å². The normalized spacial score (nSPS) is 11.2. The van der Waals surface area contributed by atoms with E-state index in [0.29, 0.717) is 12.3 Å². The Labute approximate surface area is 121 Å². The summed E-state index contributed by atoms with van der Waals surface area (Å²) in [7, 11) is 0. The molecule has 20 heavy (non-hydrogen) atoms. The van der Waals surface area contributed by atoms with Crippen molar-refractivity contribution in [2.75, 3.05) is 0 Å². The molecule has 0 N–H and O–H groups in total. The van der Waals surface area contributed by atoms with E-state index in [4.69, 9.17) is 10.2 Å². The lowest BCUT2D eigenvalue weighted by atomic mass is 10.0. The lowest BCUT2D eigenvalue weighted by molar-refractivity contribution is 0.556. The molecule has 0 spiro atoms. The van der Waals surface area contributed by atoms with Crippen LogP contribution in [0.3, 0.4) is 0 Å². The summed E-state index contributed by atoms with van der Waals surface area (Å²) >= 11 is 0. The summed E-state index contributed by atoms with van der Waals surface area (Å²) in [5.41, 5.74) is 4.79. The summed E-state index contributed by atoms with van der Waals surface area (Å²) in [5, 5.41) is 8.90. The molecule has 0 aliphatic heterocycles. The van der Waals surface area contributed by atoms with E-state index in [2.05, 4.69) is 50.5 Å². The van der Waals surface area contributed by atoms with Crippen LogP contribution < -0.4 is 0 Å². The number of rotatable bonds is 5. The molecule has 0 unspecified atom stereocenters. The zero-order valence-electron chi connectivity index (χ0n) is 12.9. The van der Waals surface area contributed by atoms with Crippen LogP contribution in [0.5, 0.6) is 0 Å². The maximum Gasteiger partial charge on any atom is 0.113 e. The molecule has 0 saturated heterocycles. The fourth-order valence-corrected chi connectivity index (χ4v) is 2.76. The molecule has 0 amide bonds. The maximum absolute atomic E-state index is 8.90. The number of aryl methyl sites for hydroxylation is 3. The average Bonchev–Trinajstić information content (AvgIpc) is 2.76. The van der Waals surface area contributed by atoms with E-state index in [1.165, 1.54) is 16.6 Å². The van der Waals surface area contributed by atoms with Crippen LogP contribution in [-0.2, 0) is 6.54 Å². The second kappa shape index (κ2) is 6.09. The minimum Gasteiger partial charge on any atom is -0.327 e. The number of hydrogen-bond donors (Lipinski definition) is 0. The fourth-order valence-electron chi connectivity index (χ4n) is 2.76. The Kier molecular flexibility index (Phi) is 4.44. The third-order valence-corrected chi connectivity index (χ3v) is 4.19. The summed E-state index contributed by atoms with van der Waals surface area (Å²) in [6.45, 7) is 9.41. The molecule has 3 heteroatoms. The van der Waals surface area contributed by atoms with Crippen LogP contribution in [-0.4, -0.2) is 9.55 Å². The molecule has 2 aromatic rings. The molecule has 0 aliphatic carbocycles. The first-order chi connectivity index (χ1) is 9.62. The first-order valence-electron chi connectivity index (χ1n) is 7.46. The van der Waals surface area contributed by atoms with Crippen molar-refractivity contribution in [3.8, 4) is 6.07 Å². The molecule has 0 atom stereocenters. The largest absolute Gasteiger partial charge is 0.327 e. The highest BCUT2D eigenvalue weighted by Crippen LogP contribution is 2.28. The van der Waals surface area contributed by atoms with E-state index in [1.807, 2.05) is 0 Å². The summed E-state index contributed by atoms with van der Waals surface area (Å²) in [6, 6.07) is 6.63. The van der Waals surface area contributed by atoms with Gasteiger partial charge in [-0.15, -0.1) is 0 Å². The van der Waals surface area contributed by atoms with Gasteiger partial charge in [-0.3, -0.25) is 0 Å². The summed E-state index contributed by atoms with van der Waals surface area (Å²) in [4.78, 5) is 4.86. The number of fused-ring (bicyclic) bond motifs is 1. The Hall–Kier alpha value is -1.82. The molecule has 1 aromatic heterocycles. The van der Waals surface area contributed by atoms with Gasteiger partial charge in [0.1, 0.15) is 5.82 Å². The predicted octanol–water partition coefficient (Wildman–Crippen LogP) is 4.47. The van der Waals surface area contributed by atoms with Crippen molar-refractivity contribution in [1.29, 1.82) is 5.26 Å². The average molecular weight is 269 g/mol. The second-order valence-electron chi connectivity index (χ2n) is 5.47. The van der Waals surface area contributed by atoms with E-state index in [9.17, 15) is 0 Å². The molecule has 1 heterocycles. The van der Waals surface area contributed by atoms with Crippen LogP contribution in [0.2, 0.25) is 0 Å². The Morgan fingerprint density at radius 1 is 1.20 bits per heavy atom. The highest BCUT2D eigenvalue weighted by Gasteiger charge is 2.18. The molecule has 0 saturated carbocycles. The highest BCUT2D eigenvalue weighted by atomic mass is 15.1. The van der Waals surface area contributed by atoms with Crippen molar-refractivity contribution < 1.29 is 0 Å². The Balaban J connectivity index is 2.63. The highest BCUT2D eigenvalue weighted by molar-refractivity contribution is 5.78. The van der Waals surface area contributed by atoms with Crippen molar-refractivity contribution in [3.63, 3.8) is 0 Å². The predicted molar refractivity (Wildman–Crippen MR) is 82.8 cm³/mol. The minimum absolute atomic E-state index is 0.474. The third kappa shape index (κ3) is 2.56. The summed E-state index contributed by atoms with van der Waals surface area (Å²) in [5.74, 6) is 1.62. The molecule has 0 fully saturated rings. The smallest absolute Gasteiger partial charge is 0.113 e. The van der Waals surface area contributed by atoms with Crippen LogP contribution in [0.1, 0.15) is 56.0 Å². The topological polar surface area (TPSA) is 41.6 Å². The van der Waals surface area contributed by atoms with Crippen molar-refractivity contribution in [3.05, 3.63) is 29.1 Å². The lowest BCUT2D eigenvalue weighted by Gasteiger charge is -2.14. The van der Waals surface area contributed by atoms with Crippen LogP contribution in [0, 0.1) is 25.2 Å². The lowest BCUT2D eigenvalue weighted by Crippen LogP contribution is -2.08. The van der Waals surface area contributed by atoms with Gasteiger partial charge in [0.2, 0.25) is 0 Å². The van der Waals surface area contributed by atoms with Gasteiger partial charge in [-0.05, 0) is 49.9 Å². The molecule has 0 bridgehead atoms. The SMILES string of the molecule is CCC(CC)c1nc2cc(C)c(C)cc2n1CCC#N. The van der Waals surface area contributed by atoms with Crippen molar-refractivity contribution in [2.24, 2.45) is 0 Å². The van der Waals surface area contributed by atoms with Crippen molar-refractivity contribution >= 4 is 11.0 Å². The number of benzene rings is 1. The number of aromatic nitrogens is 2. The van der Waals surface area contributed by atoms with Gasteiger partial charge in [0.15, 0.2) is 0 Å². The molecule has 0 radical (unpaired) electrons. The standard InChI is InChI=1S/C17H23N3/c1-5-14(6-2)17-19-15-10-12(3)13(4)11-16(15)20(17)9-7-8-18/h10-11,14H,5-7,9H2,1-4H3. The molecular formula is C17H23N3. The van der Waals surface area contributed by atoms with Gasteiger partial charge in [-0.2, -0.15) is 5.26 Å². The molecule has 2 rings (SSSR count). The minimum atomic E-state index is 0.474. The second-order valence-corrected chi connectivity index (χ2v) is 5.47. The van der Waals surface area contributed by atoms with Crippen molar-refractivity contribution in [1.82, 2.24) is 9.55 Å². The number of imidazole rings is 1. The van der Waals surface area contributed by atoms with Gasteiger partial charge >= 0.3 is 0 Å². The molecule has 106 valence electrons. The van der Waals surface area contributed by atoms with Gasteiger partial charge in [0.05, 0.1) is 23.5 Å². The number of nitrogens with zero attached hydrogens (tertiary/aromatic N) is 3. The van der Waals surface area contributed by atoms with Crippen LogP contribution in [0.15, 0.2) is 12.1 Å². The zero-order chi connectivity index (χ0) is 14.7. The van der Waals surface area contributed by atoms with Crippen LogP contribution in [0.4, 0.5) is 0 Å². The fraction of sp³-hybridized carbons (Fsp3) is 0.529. The van der Waals surface area contributed by atoms with E-state index in [1.54, 1.807) is 0 Å². The number of nitriles is 1. The molecule has 0 aliphatic rings.